The minimum Gasteiger partial charge on any atom is -0.365 e. The average Bonchev–Trinajstić information content (AvgIpc) is 3.13. The second-order valence-electron chi connectivity index (χ2n) is 5.73. The molecule has 1 atom stereocenters. The molecule has 2 fully saturated rings. The summed E-state index contributed by atoms with van der Waals surface area (Å²) in [4.78, 5) is 15.5. The van der Waals surface area contributed by atoms with Gasteiger partial charge in [0.1, 0.15) is 17.9 Å². The zero-order valence-electron chi connectivity index (χ0n) is 11.8. The van der Waals surface area contributed by atoms with Crippen LogP contribution in [-0.4, -0.2) is 45.0 Å². The SMILES string of the molecule is c1nc(NC[C@H]2COC3(CCCCC3)O2)c2[nH]cnc2n1. The molecule has 7 nitrogen and oxygen atoms in total. The second-order valence-corrected chi connectivity index (χ2v) is 5.73. The number of anilines is 1. The molecule has 1 saturated heterocycles. The third kappa shape index (κ3) is 2.47. The quantitative estimate of drug-likeness (QED) is 0.897. The van der Waals surface area contributed by atoms with Gasteiger partial charge in [0.15, 0.2) is 17.3 Å². The highest BCUT2D eigenvalue weighted by Crippen LogP contribution is 2.37. The molecular weight excluding hydrogens is 270 g/mol. The third-order valence-corrected chi connectivity index (χ3v) is 4.25. The highest BCUT2D eigenvalue weighted by atomic mass is 16.7. The first-order valence-electron chi connectivity index (χ1n) is 7.54. The van der Waals surface area contributed by atoms with Gasteiger partial charge in [-0.25, -0.2) is 15.0 Å². The van der Waals surface area contributed by atoms with E-state index in [9.17, 15) is 0 Å². The van der Waals surface area contributed by atoms with E-state index in [2.05, 4.69) is 25.3 Å². The van der Waals surface area contributed by atoms with Crippen LogP contribution in [0.15, 0.2) is 12.7 Å². The van der Waals surface area contributed by atoms with Crippen molar-refractivity contribution in [3.8, 4) is 0 Å². The van der Waals surface area contributed by atoms with E-state index in [0.29, 0.717) is 18.8 Å². The van der Waals surface area contributed by atoms with E-state index in [1.54, 1.807) is 6.33 Å². The Morgan fingerprint density at radius 2 is 2.14 bits per heavy atom. The lowest BCUT2D eigenvalue weighted by molar-refractivity contribution is -0.185. The van der Waals surface area contributed by atoms with Gasteiger partial charge in [0.05, 0.1) is 12.9 Å². The predicted octanol–water partition coefficient (Wildman–Crippen LogP) is 1.84. The van der Waals surface area contributed by atoms with Gasteiger partial charge in [-0.05, 0) is 12.8 Å². The van der Waals surface area contributed by atoms with Gasteiger partial charge in [-0.1, -0.05) is 6.42 Å². The first-order chi connectivity index (χ1) is 10.3. The number of fused-ring (bicyclic) bond motifs is 1. The van der Waals surface area contributed by atoms with Gasteiger partial charge in [-0.3, -0.25) is 0 Å². The highest BCUT2D eigenvalue weighted by Gasteiger charge is 2.42. The molecule has 1 aliphatic carbocycles. The Morgan fingerprint density at radius 1 is 1.24 bits per heavy atom. The summed E-state index contributed by atoms with van der Waals surface area (Å²) in [6.07, 6.45) is 8.91. The molecule has 7 heteroatoms. The molecule has 2 aromatic rings. The normalized spacial score (nSPS) is 24.7. The fourth-order valence-corrected chi connectivity index (χ4v) is 3.18. The van der Waals surface area contributed by atoms with E-state index in [-0.39, 0.29) is 11.9 Å². The molecule has 3 heterocycles. The fraction of sp³-hybridized carbons (Fsp3) is 0.643. The van der Waals surface area contributed by atoms with Crippen molar-refractivity contribution in [1.29, 1.82) is 0 Å². The van der Waals surface area contributed by atoms with E-state index in [0.717, 1.165) is 24.2 Å². The number of nitrogens with one attached hydrogen (secondary N) is 2. The van der Waals surface area contributed by atoms with Gasteiger partial charge in [0.2, 0.25) is 0 Å². The second kappa shape index (κ2) is 5.23. The van der Waals surface area contributed by atoms with Crippen LogP contribution >= 0.6 is 0 Å². The van der Waals surface area contributed by atoms with Crippen LogP contribution in [0.5, 0.6) is 0 Å². The lowest BCUT2D eigenvalue weighted by Crippen LogP contribution is -2.34. The van der Waals surface area contributed by atoms with E-state index < -0.39 is 0 Å². The summed E-state index contributed by atoms with van der Waals surface area (Å²) in [7, 11) is 0. The summed E-state index contributed by atoms with van der Waals surface area (Å²) in [6.45, 7) is 1.32. The number of aromatic amines is 1. The fourth-order valence-electron chi connectivity index (χ4n) is 3.18. The summed E-state index contributed by atoms with van der Waals surface area (Å²) in [5.74, 6) is 0.435. The van der Waals surface area contributed by atoms with Crippen LogP contribution in [0.1, 0.15) is 32.1 Å². The Kier molecular flexibility index (Phi) is 3.23. The smallest absolute Gasteiger partial charge is 0.182 e. The summed E-state index contributed by atoms with van der Waals surface area (Å²) in [5.41, 5.74) is 1.49. The van der Waals surface area contributed by atoms with Gasteiger partial charge >= 0.3 is 0 Å². The van der Waals surface area contributed by atoms with E-state index in [1.807, 2.05) is 0 Å². The van der Waals surface area contributed by atoms with Crippen molar-refractivity contribution in [2.45, 2.75) is 44.0 Å². The predicted molar refractivity (Wildman–Crippen MR) is 76.8 cm³/mol. The van der Waals surface area contributed by atoms with Crippen LogP contribution < -0.4 is 5.32 Å². The first-order valence-corrected chi connectivity index (χ1v) is 7.54. The topological polar surface area (TPSA) is 85.0 Å². The van der Waals surface area contributed by atoms with Gasteiger partial charge in [0.25, 0.3) is 0 Å². The Hall–Kier alpha value is -1.73. The Bertz CT molecular complexity index is 623. The summed E-state index contributed by atoms with van der Waals surface area (Å²) in [5, 5.41) is 3.31. The number of ether oxygens (including phenoxy) is 2. The van der Waals surface area contributed by atoms with Gasteiger partial charge < -0.3 is 19.8 Å². The number of H-pyrrole nitrogens is 1. The Labute approximate surface area is 122 Å². The number of nitrogens with zero attached hydrogens (tertiary/aromatic N) is 3. The molecule has 0 bridgehead atoms. The number of hydrogen-bond donors (Lipinski definition) is 2. The van der Waals surface area contributed by atoms with Gasteiger partial charge in [-0.2, -0.15) is 0 Å². The minimum atomic E-state index is -0.320. The van der Waals surface area contributed by atoms with Crippen LogP contribution in [0.3, 0.4) is 0 Å². The maximum atomic E-state index is 6.15. The van der Waals surface area contributed by atoms with E-state index in [1.165, 1.54) is 25.6 Å². The average molecular weight is 289 g/mol. The highest BCUT2D eigenvalue weighted by molar-refractivity contribution is 5.81. The third-order valence-electron chi connectivity index (χ3n) is 4.25. The van der Waals surface area contributed by atoms with Crippen LogP contribution in [0.2, 0.25) is 0 Å². The molecule has 1 spiro atoms. The van der Waals surface area contributed by atoms with E-state index >= 15 is 0 Å². The molecule has 112 valence electrons. The molecule has 1 saturated carbocycles. The maximum Gasteiger partial charge on any atom is 0.182 e. The molecule has 0 radical (unpaired) electrons. The lowest BCUT2D eigenvalue weighted by atomic mass is 9.94. The molecule has 21 heavy (non-hydrogen) atoms. The van der Waals surface area contributed by atoms with Gasteiger partial charge in [-0.15, -0.1) is 0 Å². The van der Waals surface area contributed by atoms with Crippen molar-refractivity contribution in [2.24, 2.45) is 0 Å². The molecule has 0 unspecified atom stereocenters. The molecule has 2 N–H and O–H groups in total. The lowest BCUT2D eigenvalue weighted by Gasteiger charge is -2.31. The Morgan fingerprint density at radius 3 is 3.05 bits per heavy atom. The Balaban J connectivity index is 1.40. The number of rotatable bonds is 3. The van der Waals surface area contributed by atoms with Crippen molar-refractivity contribution < 1.29 is 9.47 Å². The van der Waals surface area contributed by atoms with E-state index in [4.69, 9.17) is 9.47 Å². The molecule has 1 aliphatic heterocycles. The first kappa shape index (κ1) is 13.0. The van der Waals surface area contributed by atoms with Crippen molar-refractivity contribution >= 4 is 17.0 Å². The molecule has 0 aromatic carbocycles. The molecule has 2 aromatic heterocycles. The number of aromatic nitrogens is 4. The van der Waals surface area contributed by atoms with Crippen molar-refractivity contribution in [1.82, 2.24) is 19.9 Å². The number of imidazole rings is 1. The van der Waals surface area contributed by atoms with Crippen LogP contribution in [0, 0.1) is 0 Å². The molecular formula is C14H19N5O2. The summed E-state index contributed by atoms with van der Waals surface area (Å²) >= 11 is 0. The van der Waals surface area contributed by atoms with Crippen LogP contribution in [0.4, 0.5) is 5.82 Å². The minimum absolute atomic E-state index is 0.0658. The van der Waals surface area contributed by atoms with Crippen molar-refractivity contribution in [3.63, 3.8) is 0 Å². The van der Waals surface area contributed by atoms with Crippen LogP contribution in [-0.2, 0) is 9.47 Å². The maximum absolute atomic E-state index is 6.15. The molecule has 4 rings (SSSR count). The van der Waals surface area contributed by atoms with Crippen molar-refractivity contribution in [2.75, 3.05) is 18.5 Å². The zero-order valence-corrected chi connectivity index (χ0v) is 11.8. The van der Waals surface area contributed by atoms with Crippen molar-refractivity contribution in [3.05, 3.63) is 12.7 Å². The van der Waals surface area contributed by atoms with Gasteiger partial charge in [0, 0.05) is 19.4 Å². The number of hydrogen-bond acceptors (Lipinski definition) is 6. The monoisotopic (exact) mass is 289 g/mol. The standard InChI is InChI=1S/C14H19N5O2/c1-2-4-14(5-3-1)20-7-10(21-14)6-15-12-11-13(17-8-16-11)19-9-18-12/h8-10H,1-7H2,(H2,15,16,17,18,19)/t10-/m0/s1. The molecule has 0 amide bonds. The molecule has 2 aliphatic rings. The summed E-state index contributed by atoms with van der Waals surface area (Å²) < 4.78 is 12.1. The largest absolute Gasteiger partial charge is 0.365 e. The van der Waals surface area contributed by atoms with Crippen LogP contribution in [0.25, 0.3) is 11.2 Å². The summed E-state index contributed by atoms with van der Waals surface area (Å²) in [6, 6.07) is 0. The zero-order chi connectivity index (χ0) is 14.1.